The minimum Gasteiger partial charge on any atom is -0.347 e. The number of carbonyl (C=O) groups is 1. The number of amides is 1. The second-order valence-corrected chi connectivity index (χ2v) is 10.5. The average molecular weight is 487 g/mol. The molecule has 0 fully saturated rings. The van der Waals surface area contributed by atoms with Crippen LogP contribution >= 0.6 is 23.1 Å². The number of aromatic nitrogens is 1. The van der Waals surface area contributed by atoms with E-state index in [1.54, 1.807) is 12.1 Å². The molecule has 3 aromatic rings. The van der Waals surface area contributed by atoms with Crippen LogP contribution in [0.3, 0.4) is 0 Å². The first-order valence-electron chi connectivity index (χ1n) is 8.95. The molecule has 0 saturated heterocycles. The van der Waals surface area contributed by atoms with Crippen molar-refractivity contribution < 1.29 is 26.4 Å². The summed E-state index contributed by atoms with van der Waals surface area (Å²) in [5.41, 5.74) is -0.712. The zero-order valence-electron chi connectivity index (χ0n) is 15.9. The summed E-state index contributed by atoms with van der Waals surface area (Å²) in [6.07, 6.45) is -3.14. The highest BCUT2D eigenvalue weighted by Gasteiger charge is 2.31. The molecule has 0 bridgehead atoms. The van der Waals surface area contributed by atoms with Gasteiger partial charge in [-0.25, -0.2) is 13.4 Å². The Morgan fingerprint density at radius 3 is 2.65 bits per heavy atom. The SMILES string of the molecule is O=C(NCc1cccs1)c1cccnc1SCCS(=O)(=O)c1cccc(C(F)(F)F)c1. The molecule has 11 heteroatoms. The van der Waals surface area contributed by atoms with Crippen LogP contribution in [0.15, 0.2) is 70.0 Å². The number of halogens is 3. The number of pyridine rings is 1. The van der Waals surface area contributed by atoms with E-state index in [1.807, 2.05) is 17.5 Å². The summed E-state index contributed by atoms with van der Waals surface area (Å²) < 4.78 is 63.5. The number of nitrogens with one attached hydrogen (secondary N) is 1. The fourth-order valence-electron chi connectivity index (χ4n) is 2.59. The normalized spacial score (nSPS) is 12.0. The van der Waals surface area contributed by atoms with Crippen LogP contribution in [-0.2, 0) is 22.6 Å². The van der Waals surface area contributed by atoms with Gasteiger partial charge in [-0.15, -0.1) is 23.1 Å². The van der Waals surface area contributed by atoms with Gasteiger partial charge < -0.3 is 5.32 Å². The van der Waals surface area contributed by atoms with Gasteiger partial charge in [-0.05, 0) is 41.8 Å². The number of rotatable bonds is 8. The van der Waals surface area contributed by atoms with Gasteiger partial charge in [-0.3, -0.25) is 4.79 Å². The van der Waals surface area contributed by atoms with E-state index in [4.69, 9.17) is 0 Å². The van der Waals surface area contributed by atoms with Crippen LogP contribution in [0, 0.1) is 0 Å². The highest BCUT2D eigenvalue weighted by Crippen LogP contribution is 2.31. The number of benzene rings is 1. The average Bonchev–Trinajstić information content (AvgIpc) is 3.25. The number of thiophene rings is 1. The van der Waals surface area contributed by atoms with Gasteiger partial charge >= 0.3 is 6.18 Å². The predicted molar refractivity (Wildman–Crippen MR) is 114 cm³/mol. The predicted octanol–water partition coefficient (Wildman–Crippen LogP) is 4.66. The lowest BCUT2D eigenvalue weighted by Crippen LogP contribution is -2.23. The van der Waals surface area contributed by atoms with Gasteiger partial charge in [-0.1, -0.05) is 12.1 Å². The summed E-state index contributed by atoms with van der Waals surface area (Å²) in [4.78, 5) is 17.2. The summed E-state index contributed by atoms with van der Waals surface area (Å²) in [6.45, 7) is 0.361. The van der Waals surface area contributed by atoms with Crippen LogP contribution in [0.5, 0.6) is 0 Å². The molecule has 164 valence electrons. The Kier molecular flexibility index (Phi) is 7.39. The van der Waals surface area contributed by atoms with Crippen molar-refractivity contribution in [1.82, 2.24) is 10.3 Å². The van der Waals surface area contributed by atoms with Gasteiger partial charge in [0.15, 0.2) is 9.84 Å². The van der Waals surface area contributed by atoms with Gasteiger partial charge in [0.25, 0.3) is 5.91 Å². The van der Waals surface area contributed by atoms with E-state index in [0.717, 1.165) is 34.8 Å². The lowest BCUT2D eigenvalue weighted by atomic mass is 10.2. The largest absolute Gasteiger partial charge is 0.416 e. The summed E-state index contributed by atoms with van der Waals surface area (Å²) in [5.74, 6) is -0.711. The number of hydrogen-bond donors (Lipinski definition) is 1. The zero-order chi connectivity index (χ0) is 22.5. The minimum atomic E-state index is -4.63. The molecule has 0 saturated carbocycles. The molecule has 1 N–H and O–H groups in total. The fraction of sp³-hybridized carbons (Fsp3) is 0.200. The Labute approximate surface area is 185 Å². The molecular weight excluding hydrogens is 469 g/mol. The third-order valence-electron chi connectivity index (χ3n) is 4.13. The van der Waals surface area contributed by atoms with Crippen molar-refractivity contribution >= 4 is 38.8 Å². The van der Waals surface area contributed by atoms with Crippen molar-refractivity contribution in [2.75, 3.05) is 11.5 Å². The monoisotopic (exact) mass is 486 g/mol. The topological polar surface area (TPSA) is 76.1 Å². The third-order valence-corrected chi connectivity index (χ3v) is 7.99. The highest BCUT2D eigenvalue weighted by molar-refractivity contribution is 8.00. The number of hydrogen-bond acceptors (Lipinski definition) is 6. The second kappa shape index (κ2) is 9.84. The van der Waals surface area contributed by atoms with Crippen LogP contribution in [0.4, 0.5) is 13.2 Å². The number of nitrogens with zero attached hydrogens (tertiary/aromatic N) is 1. The molecule has 0 aliphatic rings. The summed E-state index contributed by atoms with van der Waals surface area (Å²) >= 11 is 2.57. The van der Waals surface area contributed by atoms with Crippen LogP contribution in [-0.4, -0.2) is 30.8 Å². The quantitative estimate of drug-likeness (QED) is 0.469. The molecule has 0 aliphatic carbocycles. The van der Waals surface area contributed by atoms with E-state index >= 15 is 0 Å². The molecule has 5 nitrogen and oxygen atoms in total. The molecular formula is C20H17F3N2O3S3. The fourth-order valence-corrected chi connectivity index (χ4v) is 5.91. The van der Waals surface area contributed by atoms with E-state index in [9.17, 15) is 26.4 Å². The van der Waals surface area contributed by atoms with Crippen LogP contribution < -0.4 is 5.32 Å². The van der Waals surface area contributed by atoms with E-state index in [2.05, 4.69) is 10.3 Å². The van der Waals surface area contributed by atoms with E-state index in [1.165, 1.54) is 17.5 Å². The van der Waals surface area contributed by atoms with Crippen molar-refractivity contribution in [2.45, 2.75) is 22.6 Å². The molecule has 0 unspecified atom stereocenters. The molecule has 1 aromatic carbocycles. The summed E-state index contributed by atoms with van der Waals surface area (Å²) in [7, 11) is -3.93. The van der Waals surface area contributed by atoms with Gasteiger partial charge in [0.05, 0.1) is 28.3 Å². The zero-order valence-corrected chi connectivity index (χ0v) is 18.4. The maximum atomic E-state index is 12.9. The Balaban J connectivity index is 1.65. The Hall–Kier alpha value is -2.37. The highest BCUT2D eigenvalue weighted by atomic mass is 32.2. The number of carbonyl (C=O) groups excluding carboxylic acids is 1. The molecule has 2 heterocycles. The molecule has 0 atom stereocenters. The molecule has 3 rings (SSSR count). The Morgan fingerprint density at radius 1 is 1.13 bits per heavy atom. The molecule has 2 aromatic heterocycles. The molecule has 31 heavy (non-hydrogen) atoms. The standard InChI is InChI=1S/C20H17F3N2O3S3/c21-20(22,23)14-4-1-6-16(12-14)31(27,28)11-10-30-19-17(7-2-8-24-19)18(26)25-13-15-5-3-9-29-15/h1-9,12H,10-11,13H2,(H,25,26). The van der Waals surface area contributed by atoms with Crippen molar-refractivity contribution in [2.24, 2.45) is 0 Å². The lowest BCUT2D eigenvalue weighted by molar-refractivity contribution is -0.137. The number of thioether (sulfide) groups is 1. The molecule has 0 spiro atoms. The van der Waals surface area contributed by atoms with Crippen molar-refractivity contribution in [1.29, 1.82) is 0 Å². The van der Waals surface area contributed by atoms with Crippen molar-refractivity contribution in [3.63, 3.8) is 0 Å². The van der Waals surface area contributed by atoms with Gasteiger partial charge in [0.2, 0.25) is 0 Å². The number of alkyl halides is 3. The second-order valence-electron chi connectivity index (χ2n) is 6.31. The van der Waals surface area contributed by atoms with E-state index < -0.39 is 32.2 Å². The van der Waals surface area contributed by atoms with Gasteiger partial charge in [0, 0.05) is 16.8 Å². The smallest absolute Gasteiger partial charge is 0.347 e. The molecule has 1 amide bonds. The van der Waals surface area contributed by atoms with Crippen LogP contribution in [0.1, 0.15) is 20.8 Å². The van der Waals surface area contributed by atoms with Gasteiger partial charge in [0.1, 0.15) is 5.03 Å². The summed E-state index contributed by atoms with van der Waals surface area (Å²) in [5, 5.41) is 5.04. The molecule has 0 aliphatic heterocycles. The van der Waals surface area contributed by atoms with Crippen LogP contribution in [0.25, 0.3) is 0 Å². The van der Waals surface area contributed by atoms with E-state index in [0.29, 0.717) is 23.2 Å². The van der Waals surface area contributed by atoms with Crippen molar-refractivity contribution in [3.05, 3.63) is 76.1 Å². The Morgan fingerprint density at radius 2 is 1.94 bits per heavy atom. The first kappa shape index (κ1) is 23.3. The minimum absolute atomic E-state index is 0.0286. The first-order chi connectivity index (χ1) is 14.7. The maximum absolute atomic E-state index is 12.9. The van der Waals surface area contributed by atoms with Crippen LogP contribution in [0.2, 0.25) is 0 Å². The first-order valence-corrected chi connectivity index (χ1v) is 12.5. The van der Waals surface area contributed by atoms with E-state index in [-0.39, 0.29) is 11.7 Å². The lowest BCUT2D eigenvalue weighted by Gasteiger charge is -2.10. The molecule has 0 radical (unpaired) electrons. The summed E-state index contributed by atoms with van der Waals surface area (Å²) in [6, 6.07) is 10.6. The van der Waals surface area contributed by atoms with Gasteiger partial charge in [-0.2, -0.15) is 13.2 Å². The van der Waals surface area contributed by atoms with Crippen molar-refractivity contribution in [3.8, 4) is 0 Å². The third kappa shape index (κ3) is 6.31. The number of sulfone groups is 1. The maximum Gasteiger partial charge on any atom is 0.416 e. The Bertz CT molecular complexity index is 1150.